The number of rotatable bonds is 7. The van der Waals surface area contributed by atoms with Crippen LogP contribution in [0.3, 0.4) is 0 Å². The Balaban J connectivity index is 2.21. The molecule has 1 heterocycles. The first-order valence-electron chi connectivity index (χ1n) is 8.12. The van der Waals surface area contributed by atoms with Crippen LogP contribution in [-0.2, 0) is 9.59 Å². The van der Waals surface area contributed by atoms with E-state index in [-0.39, 0.29) is 17.2 Å². The van der Waals surface area contributed by atoms with Gasteiger partial charge in [0.1, 0.15) is 17.5 Å². The Morgan fingerprint density at radius 3 is 2.63 bits per heavy atom. The second kappa shape index (κ2) is 9.24. The lowest BCUT2D eigenvalue weighted by molar-refractivity contribution is -0.140. The van der Waals surface area contributed by atoms with Gasteiger partial charge in [-0.3, -0.25) is 9.59 Å². The second-order valence-electron chi connectivity index (χ2n) is 5.54. The maximum absolute atomic E-state index is 12.6. The molecule has 6 nitrogen and oxygen atoms in total. The van der Waals surface area contributed by atoms with Crippen molar-refractivity contribution in [1.82, 2.24) is 10.2 Å². The van der Waals surface area contributed by atoms with E-state index in [4.69, 9.17) is 0 Å². The van der Waals surface area contributed by atoms with Crippen molar-refractivity contribution in [2.45, 2.75) is 32.6 Å². The molecule has 0 saturated carbocycles. The molecule has 1 aliphatic heterocycles. The Morgan fingerprint density at radius 1 is 1.30 bits per heavy atom. The van der Waals surface area contributed by atoms with E-state index in [0.717, 1.165) is 18.2 Å². The molecule has 2 amide bonds. The summed E-state index contributed by atoms with van der Waals surface area (Å²) in [4.78, 5) is 25.6. The van der Waals surface area contributed by atoms with E-state index in [0.29, 0.717) is 19.5 Å². The highest BCUT2D eigenvalue weighted by molar-refractivity contribution is 5.96. The molecule has 148 valence electrons. The summed E-state index contributed by atoms with van der Waals surface area (Å²) in [6.45, 7) is -3.92. The highest BCUT2D eigenvalue weighted by Gasteiger charge is 2.30. The Morgan fingerprint density at radius 2 is 2.00 bits per heavy atom. The van der Waals surface area contributed by atoms with Gasteiger partial charge < -0.3 is 19.7 Å². The Bertz CT molecular complexity index is 712. The van der Waals surface area contributed by atoms with Gasteiger partial charge in [0.05, 0.1) is 0 Å². The fourth-order valence-corrected chi connectivity index (χ4v) is 2.67. The molecule has 1 unspecified atom stereocenters. The highest BCUT2D eigenvalue weighted by atomic mass is 19.3. The number of nitrogens with one attached hydrogen (secondary N) is 1. The zero-order chi connectivity index (χ0) is 20.0. The number of carbonyl (C=O) groups is 2. The van der Waals surface area contributed by atoms with Crippen molar-refractivity contribution in [1.29, 1.82) is 0 Å². The molecule has 1 N–H and O–H groups in total. The molecule has 0 aromatic heterocycles. The minimum Gasteiger partial charge on any atom is -0.435 e. The third-order valence-corrected chi connectivity index (χ3v) is 3.83. The molecule has 0 bridgehead atoms. The van der Waals surface area contributed by atoms with Gasteiger partial charge in [-0.2, -0.15) is 17.6 Å². The lowest BCUT2D eigenvalue weighted by Gasteiger charge is -2.33. The number of carbonyl (C=O) groups excluding carboxylic acids is 2. The molecule has 10 heteroatoms. The molecule has 0 spiro atoms. The predicted octanol–water partition coefficient (Wildman–Crippen LogP) is 2.64. The summed E-state index contributed by atoms with van der Waals surface area (Å²) in [5, 5.41) is 2.66. The van der Waals surface area contributed by atoms with Gasteiger partial charge in [-0.15, -0.1) is 0 Å². The fraction of sp³-hybridized carbons (Fsp3) is 0.412. The lowest BCUT2D eigenvalue weighted by atomic mass is 10.1. The molecule has 2 rings (SSSR count). The van der Waals surface area contributed by atoms with Crippen LogP contribution < -0.4 is 14.8 Å². The Labute approximate surface area is 152 Å². The van der Waals surface area contributed by atoms with E-state index in [1.807, 2.05) is 0 Å². The number of halogens is 4. The average Bonchev–Trinajstić information content (AvgIpc) is 2.59. The summed E-state index contributed by atoms with van der Waals surface area (Å²) in [5.74, 6) is -1.52. The molecule has 1 aliphatic rings. The zero-order valence-electron chi connectivity index (χ0n) is 14.3. The van der Waals surface area contributed by atoms with Crippen LogP contribution in [0, 0.1) is 0 Å². The highest BCUT2D eigenvalue weighted by Crippen LogP contribution is 2.28. The predicted molar refractivity (Wildman–Crippen MR) is 87.5 cm³/mol. The van der Waals surface area contributed by atoms with E-state index < -0.39 is 30.9 Å². The van der Waals surface area contributed by atoms with Gasteiger partial charge >= 0.3 is 13.2 Å². The van der Waals surface area contributed by atoms with Crippen LogP contribution in [0.5, 0.6) is 11.5 Å². The largest absolute Gasteiger partial charge is 0.435 e. The van der Waals surface area contributed by atoms with Crippen molar-refractivity contribution in [2.75, 3.05) is 13.1 Å². The number of nitrogens with zero attached hydrogens (tertiary/aromatic N) is 1. The van der Waals surface area contributed by atoms with Gasteiger partial charge in [0, 0.05) is 30.8 Å². The number of ether oxygens (including phenoxy) is 2. The molecule has 1 aromatic rings. The standard InChI is InChI=1S/C17H18F4N2O4/c1-2-12-15(25)22-7-8-23(12)14(24)6-4-10-3-5-11(26-16(18)19)9-13(10)27-17(20)21/h3-6,9,12,16-17H,2,7-8H2,1H3,(H,22,25). The van der Waals surface area contributed by atoms with Gasteiger partial charge in [-0.05, 0) is 24.6 Å². The zero-order valence-corrected chi connectivity index (χ0v) is 14.3. The van der Waals surface area contributed by atoms with Gasteiger partial charge in [0.15, 0.2) is 0 Å². The quantitative estimate of drug-likeness (QED) is 0.574. The van der Waals surface area contributed by atoms with Gasteiger partial charge in [0.2, 0.25) is 11.8 Å². The van der Waals surface area contributed by atoms with Crippen LogP contribution in [0.1, 0.15) is 18.9 Å². The van der Waals surface area contributed by atoms with Gasteiger partial charge in [0.25, 0.3) is 0 Å². The monoisotopic (exact) mass is 390 g/mol. The van der Waals surface area contributed by atoms with E-state index in [1.54, 1.807) is 6.92 Å². The van der Waals surface area contributed by atoms with E-state index in [9.17, 15) is 27.2 Å². The molecule has 0 aliphatic carbocycles. The van der Waals surface area contributed by atoms with Gasteiger partial charge in [-0.25, -0.2) is 0 Å². The van der Waals surface area contributed by atoms with Crippen LogP contribution >= 0.6 is 0 Å². The van der Waals surface area contributed by atoms with Crippen molar-refractivity contribution >= 4 is 17.9 Å². The third kappa shape index (κ3) is 5.60. The minimum absolute atomic E-state index is 0.0692. The molecule has 1 fully saturated rings. The number of amides is 2. The first-order valence-corrected chi connectivity index (χ1v) is 8.12. The molecule has 27 heavy (non-hydrogen) atoms. The van der Waals surface area contributed by atoms with Crippen LogP contribution in [0.2, 0.25) is 0 Å². The van der Waals surface area contributed by atoms with Crippen molar-refractivity contribution < 1.29 is 36.6 Å². The Hall–Kier alpha value is -2.78. The molecule has 1 aromatic carbocycles. The number of hydrogen-bond acceptors (Lipinski definition) is 4. The fourth-order valence-electron chi connectivity index (χ4n) is 2.67. The van der Waals surface area contributed by atoms with Crippen LogP contribution in [0.25, 0.3) is 6.08 Å². The van der Waals surface area contributed by atoms with Crippen LogP contribution in [0.4, 0.5) is 17.6 Å². The first kappa shape index (κ1) is 20.5. The second-order valence-corrected chi connectivity index (χ2v) is 5.54. The molecule has 1 atom stereocenters. The maximum atomic E-state index is 12.6. The van der Waals surface area contributed by atoms with Crippen molar-refractivity contribution in [2.24, 2.45) is 0 Å². The van der Waals surface area contributed by atoms with Crippen molar-refractivity contribution in [3.05, 3.63) is 29.8 Å². The average molecular weight is 390 g/mol. The number of alkyl halides is 4. The number of benzene rings is 1. The summed E-state index contributed by atoms with van der Waals surface area (Å²) in [5.41, 5.74) is 0.0692. The normalized spacial score (nSPS) is 17.5. The Kier molecular flexibility index (Phi) is 7.03. The summed E-state index contributed by atoms with van der Waals surface area (Å²) >= 11 is 0. The van der Waals surface area contributed by atoms with E-state index >= 15 is 0 Å². The summed E-state index contributed by atoms with van der Waals surface area (Å²) in [6, 6.07) is 2.61. The smallest absolute Gasteiger partial charge is 0.387 e. The van der Waals surface area contributed by atoms with E-state index in [2.05, 4.69) is 14.8 Å². The topological polar surface area (TPSA) is 67.9 Å². The SMILES string of the molecule is CCC1C(=O)NCCN1C(=O)C=Cc1ccc(OC(F)F)cc1OC(F)F. The maximum Gasteiger partial charge on any atom is 0.387 e. The molecule has 1 saturated heterocycles. The van der Waals surface area contributed by atoms with Crippen molar-refractivity contribution in [3.8, 4) is 11.5 Å². The number of hydrogen-bond donors (Lipinski definition) is 1. The van der Waals surface area contributed by atoms with Crippen LogP contribution in [0.15, 0.2) is 24.3 Å². The summed E-state index contributed by atoms with van der Waals surface area (Å²) < 4.78 is 58.1. The van der Waals surface area contributed by atoms with Crippen LogP contribution in [-0.4, -0.2) is 49.1 Å². The third-order valence-electron chi connectivity index (χ3n) is 3.83. The molecular formula is C17H18F4N2O4. The number of piperazine rings is 1. The minimum atomic E-state index is -3.19. The first-order chi connectivity index (χ1) is 12.8. The van der Waals surface area contributed by atoms with Crippen molar-refractivity contribution in [3.63, 3.8) is 0 Å². The summed E-state index contributed by atoms with van der Waals surface area (Å²) in [6.07, 6.45) is 2.75. The molecular weight excluding hydrogens is 372 g/mol. The molecule has 0 radical (unpaired) electrons. The lowest BCUT2D eigenvalue weighted by Crippen LogP contribution is -2.56. The van der Waals surface area contributed by atoms with E-state index in [1.165, 1.54) is 17.0 Å². The van der Waals surface area contributed by atoms with Gasteiger partial charge in [-0.1, -0.05) is 6.92 Å². The summed E-state index contributed by atoms with van der Waals surface area (Å²) in [7, 11) is 0.